The zero-order valence-electron chi connectivity index (χ0n) is 20.0. The molecule has 1 aliphatic carbocycles. The molecule has 2 amide bonds. The van der Waals surface area contributed by atoms with Crippen molar-refractivity contribution < 1.29 is 14.3 Å². The summed E-state index contributed by atoms with van der Waals surface area (Å²) in [6.07, 6.45) is 10.3. The third-order valence-corrected chi connectivity index (χ3v) is 6.36. The van der Waals surface area contributed by atoms with Crippen molar-refractivity contribution in [3.8, 4) is 17.4 Å². The van der Waals surface area contributed by atoms with E-state index in [9.17, 15) is 4.79 Å². The smallest absolute Gasteiger partial charge is 0.323 e. The lowest BCUT2D eigenvalue weighted by atomic mass is 9.91. The summed E-state index contributed by atoms with van der Waals surface area (Å²) in [4.78, 5) is 27.3. The molecule has 180 valence electrons. The number of benzene rings is 1. The number of nitrogens with one attached hydrogen (secondary N) is 1. The third kappa shape index (κ3) is 5.77. The number of piperidine rings is 1. The second kappa shape index (κ2) is 10.1. The van der Waals surface area contributed by atoms with E-state index in [1.807, 2.05) is 29.2 Å². The Morgan fingerprint density at radius 2 is 1.97 bits per heavy atom. The average molecular weight is 472 g/mol. The van der Waals surface area contributed by atoms with Gasteiger partial charge in [0.05, 0.1) is 25.7 Å². The van der Waals surface area contributed by atoms with Gasteiger partial charge in [-0.05, 0) is 55.0 Å². The normalized spacial score (nSPS) is 18.9. The number of carbonyl (C=O) groups is 1. The van der Waals surface area contributed by atoms with Crippen LogP contribution in [-0.2, 0) is 0 Å². The summed E-state index contributed by atoms with van der Waals surface area (Å²) in [5.41, 5.74) is 3.55. The molecule has 2 fully saturated rings. The van der Waals surface area contributed by atoms with Crippen molar-refractivity contribution in [1.82, 2.24) is 19.9 Å². The Bertz CT molecular complexity index is 1210. The number of ether oxygens (including phenoxy) is 2. The molecule has 1 aromatic carbocycles. The molecule has 0 radical (unpaired) electrons. The molecule has 1 N–H and O–H groups in total. The van der Waals surface area contributed by atoms with Crippen LogP contribution in [0.1, 0.15) is 43.4 Å². The number of nitrogens with zero attached hydrogens (tertiary/aromatic N) is 4. The topological polar surface area (TPSA) is 89.5 Å². The van der Waals surface area contributed by atoms with E-state index in [1.54, 1.807) is 6.20 Å². The van der Waals surface area contributed by atoms with Crippen molar-refractivity contribution in [2.24, 2.45) is 5.92 Å². The van der Waals surface area contributed by atoms with E-state index in [4.69, 9.17) is 9.47 Å². The molecule has 8 heteroatoms. The first-order valence-electron chi connectivity index (χ1n) is 11.9. The van der Waals surface area contributed by atoms with Gasteiger partial charge in [0.2, 0.25) is 5.88 Å². The number of likely N-dealkylation sites (tertiary alicyclic amines) is 1. The molecule has 2 aliphatic rings. The summed E-state index contributed by atoms with van der Waals surface area (Å²) in [5, 5.41) is 2.81. The average Bonchev–Trinajstić information content (AvgIpc) is 3.72. The van der Waals surface area contributed by atoms with Crippen LogP contribution in [0.2, 0.25) is 0 Å². The maximum Gasteiger partial charge on any atom is 0.323 e. The minimum absolute atomic E-state index is 0.174. The van der Waals surface area contributed by atoms with Crippen LogP contribution in [0.15, 0.2) is 60.6 Å². The monoisotopic (exact) mass is 471 g/mol. The van der Waals surface area contributed by atoms with Gasteiger partial charge in [-0.1, -0.05) is 30.7 Å². The highest BCUT2D eigenvalue weighted by molar-refractivity contribution is 5.88. The fraction of sp³-hybridized carbons (Fsp3) is 0.333. The molecule has 5 rings (SSSR count). The minimum atomic E-state index is -0.174. The van der Waals surface area contributed by atoms with Crippen LogP contribution in [0.4, 0.5) is 10.6 Å². The Morgan fingerprint density at radius 1 is 1.09 bits per heavy atom. The number of hydrogen-bond acceptors (Lipinski definition) is 6. The van der Waals surface area contributed by atoms with Gasteiger partial charge in [0.15, 0.2) is 5.82 Å². The zero-order chi connectivity index (χ0) is 24.2. The third-order valence-electron chi connectivity index (χ3n) is 6.36. The molecule has 8 nitrogen and oxygen atoms in total. The van der Waals surface area contributed by atoms with Crippen LogP contribution in [0.5, 0.6) is 17.4 Å². The Morgan fingerprint density at radius 3 is 2.66 bits per heavy atom. The summed E-state index contributed by atoms with van der Waals surface area (Å²) in [6, 6.07) is 11.9. The van der Waals surface area contributed by atoms with Crippen LogP contribution >= 0.6 is 0 Å². The van der Waals surface area contributed by atoms with Crippen molar-refractivity contribution in [3.63, 3.8) is 0 Å². The van der Waals surface area contributed by atoms with Gasteiger partial charge < -0.3 is 14.4 Å². The van der Waals surface area contributed by atoms with Crippen molar-refractivity contribution in [1.29, 1.82) is 0 Å². The number of hydrogen-bond donors (Lipinski definition) is 1. The van der Waals surface area contributed by atoms with E-state index in [-0.39, 0.29) is 11.9 Å². The second-order valence-electron chi connectivity index (χ2n) is 9.06. The maximum atomic E-state index is 12.7. The highest BCUT2D eigenvalue weighted by Crippen LogP contribution is 2.39. The number of carbonyl (C=O) groups excluding carboxylic acids is 1. The van der Waals surface area contributed by atoms with Crippen molar-refractivity contribution in [3.05, 3.63) is 71.8 Å². The fourth-order valence-corrected chi connectivity index (χ4v) is 4.21. The van der Waals surface area contributed by atoms with Crippen LogP contribution in [0, 0.1) is 5.92 Å². The first kappa shape index (κ1) is 22.8. The second-order valence-corrected chi connectivity index (χ2v) is 9.06. The van der Waals surface area contributed by atoms with E-state index in [1.165, 1.54) is 37.9 Å². The fourth-order valence-electron chi connectivity index (χ4n) is 4.21. The minimum Gasteiger partial charge on any atom is -0.480 e. The number of pyridine rings is 1. The van der Waals surface area contributed by atoms with Crippen LogP contribution < -0.4 is 14.8 Å². The van der Waals surface area contributed by atoms with Crippen molar-refractivity contribution in [2.45, 2.75) is 32.1 Å². The van der Waals surface area contributed by atoms with Crippen LogP contribution in [0.25, 0.3) is 6.08 Å². The molecule has 0 bridgehead atoms. The van der Waals surface area contributed by atoms with E-state index in [0.717, 1.165) is 29.2 Å². The zero-order valence-corrected chi connectivity index (χ0v) is 20.0. The summed E-state index contributed by atoms with van der Waals surface area (Å²) < 4.78 is 11.0. The van der Waals surface area contributed by atoms with Gasteiger partial charge in [0.1, 0.15) is 11.5 Å². The lowest BCUT2D eigenvalue weighted by molar-refractivity contribution is 0.197. The van der Waals surface area contributed by atoms with Gasteiger partial charge >= 0.3 is 6.03 Å². The largest absolute Gasteiger partial charge is 0.480 e. The highest BCUT2D eigenvalue weighted by atomic mass is 16.5. The number of rotatable bonds is 6. The number of anilines is 1. The number of amides is 2. The van der Waals surface area contributed by atoms with Gasteiger partial charge in [-0.3, -0.25) is 10.3 Å². The SMILES string of the molecule is COc1cnc(NC(=O)N2CC/C(=C\c3cccc(Oc4ccc(C5CC5)nc4)c3)C(C)C2)cn1. The van der Waals surface area contributed by atoms with E-state index in [0.29, 0.717) is 30.7 Å². The highest BCUT2D eigenvalue weighted by Gasteiger charge is 2.25. The predicted octanol–water partition coefficient (Wildman–Crippen LogP) is 5.51. The molecule has 1 aliphatic heterocycles. The van der Waals surface area contributed by atoms with E-state index < -0.39 is 0 Å². The number of urea groups is 1. The van der Waals surface area contributed by atoms with Gasteiger partial charge in [0.25, 0.3) is 0 Å². The molecular formula is C27H29N5O3. The Balaban J connectivity index is 1.19. The Kier molecular flexibility index (Phi) is 6.61. The lowest BCUT2D eigenvalue weighted by Gasteiger charge is -2.33. The molecule has 35 heavy (non-hydrogen) atoms. The number of methoxy groups -OCH3 is 1. The molecular weight excluding hydrogens is 442 g/mol. The molecule has 1 unspecified atom stereocenters. The van der Waals surface area contributed by atoms with Gasteiger partial charge in [-0.2, -0.15) is 0 Å². The predicted molar refractivity (Wildman–Crippen MR) is 134 cm³/mol. The summed E-state index contributed by atoms with van der Waals surface area (Å²) >= 11 is 0. The first-order chi connectivity index (χ1) is 17.1. The summed E-state index contributed by atoms with van der Waals surface area (Å²) in [6.45, 7) is 3.42. The van der Waals surface area contributed by atoms with E-state index in [2.05, 4.69) is 45.4 Å². The first-order valence-corrected chi connectivity index (χ1v) is 11.9. The standard InChI is InChI=1S/C27H29N5O3/c1-18-17-32(27(33)31-25-15-30-26(34-2)16-29-25)11-10-21(18)12-19-4-3-5-22(13-19)35-23-8-9-24(28-14-23)20-6-7-20/h3-5,8-9,12-16,18,20H,6-7,10-11,17H2,1-2H3,(H,29,31,33)/b21-12+. The Labute approximate surface area is 205 Å². The molecule has 1 saturated heterocycles. The van der Waals surface area contributed by atoms with Gasteiger partial charge in [-0.25, -0.2) is 14.8 Å². The Hall–Kier alpha value is -3.94. The van der Waals surface area contributed by atoms with Crippen molar-refractivity contribution >= 4 is 17.9 Å². The quantitative estimate of drug-likeness (QED) is 0.510. The van der Waals surface area contributed by atoms with Gasteiger partial charge in [0, 0.05) is 24.7 Å². The summed E-state index contributed by atoms with van der Waals surface area (Å²) in [7, 11) is 1.52. The molecule has 1 saturated carbocycles. The number of aromatic nitrogens is 3. The molecule has 1 atom stereocenters. The molecule has 3 aromatic rings. The van der Waals surface area contributed by atoms with Crippen LogP contribution in [-0.4, -0.2) is 46.1 Å². The van der Waals surface area contributed by atoms with Gasteiger partial charge in [-0.15, -0.1) is 0 Å². The molecule has 3 heterocycles. The molecule has 0 spiro atoms. The van der Waals surface area contributed by atoms with E-state index >= 15 is 0 Å². The van der Waals surface area contributed by atoms with Crippen molar-refractivity contribution in [2.75, 3.05) is 25.5 Å². The molecule has 2 aromatic heterocycles. The van der Waals surface area contributed by atoms with Crippen LogP contribution in [0.3, 0.4) is 0 Å². The maximum absolute atomic E-state index is 12.7. The summed E-state index contributed by atoms with van der Waals surface area (Å²) in [5.74, 6) is 3.20. The lowest BCUT2D eigenvalue weighted by Crippen LogP contribution is -2.42.